The number of carbonyl (C=O) groups excluding carboxylic acids is 2. The van der Waals surface area contributed by atoms with Crippen LogP contribution in [0.2, 0.25) is 0 Å². The molecule has 0 spiro atoms. The van der Waals surface area contributed by atoms with Gasteiger partial charge >= 0.3 is 13.2 Å². The van der Waals surface area contributed by atoms with Gasteiger partial charge in [0.15, 0.2) is 0 Å². The van der Waals surface area contributed by atoms with E-state index in [0.29, 0.717) is 12.1 Å². The van der Waals surface area contributed by atoms with E-state index in [0.717, 1.165) is 40.4 Å². The fourth-order valence-electron chi connectivity index (χ4n) is 4.30. The zero-order valence-electron chi connectivity index (χ0n) is 20.0. The van der Waals surface area contributed by atoms with Crippen molar-refractivity contribution in [1.82, 2.24) is 5.43 Å². The first-order chi connectivity index (χ1) is 18.8. The molecule has 39 heavy (non-hydrogen) atoms. The zero-order chi connectivity index (χ0) is 27.5. The molecule has 5 rings (SSSR count). The fourth-order valence-corrected chi connectivity index (χ4v) is 4.30. The summed E-state index contributed by atoms with van der Waals surface area (Å²) in [5.41, 5.74) is 4.81. The molecule has 0 atom stereocenters. The van der Waals surface area contributed by atoms with Crippen molar-refractivity contribution in [3.8, 4) is 11.5 Å². The number of hydrogen-bond donors (Lipinski definition) is 1. The van der Waals surface area contributed by atoms with Gasteiger partial charge in [-0.2, -0.15) is 22.7 Å². The Morgan fingerprint density at radius 1 is 0.923 bits per heavy atom. The van der Waals surface area contributed by atoms with Crippen LogP contribution in [-0.2, 0) is 6.54 Å². The van der Waals surface area contributed by atoms with Gasteiger partial charge in [-0.25, -0.2) is 5.43 Å². The zero-order valence-corrected chi connectivity index (χ0v) is 20.0. The molecule has 0 bridgehead atoms. The molecule has 1 N–H and O–H groups in total. The number of ether oxygens (including phenoxy) is 2. The number of hydrazone groups is 1. The molecule has 0 fully saturated rings. The Labute approximate surface area is 219 Å². The Morgan fingerprint density at radius 2 is 1.64 bits per heavy atom. The van der Waals surface area contributed by atoms with Crippen LogP contribution in [0.25, 0.3) is 10.8 Å². The molecule has 0 saturated carbocycles. The number of amides is 2. The molecule has 2 amide bonds. The highest BCUT2D eigenvalue weighted by Gasteiger charge is 2.29. The number of carbonyl (C=O) groups is 2. The SMILES string of the molecule is O=C(NN=Cc1ccc(OC(F)F)cc1OC(F)F)c1ccc(CN2C(=O)c3cccc4cccc2c34)cc1. The predicted octanol–water partition coefficient (Wildman–Crippen LogP) is 5.97. The Kier molecular flexibility index (Phi) is 7.13. The normalized spacial score (nSPS) is 12.7. The van der Waals surface area contributed by atoms with Crippen molar-refractivity contribution in [2.45, 2.75) is 19.8 Å². The first-order valence-electron chi connectivity index (χ1n) is 11.6. The van der Waals surface area contributed by atoms with Gasteiger partial charge in [-0.05, 0) is 47.3 Å². The smallest absolute Gasteiger partial charge is 0.387 e. The number of nitrogens with zero attached hydrogens (tertiary/aromatic N) is 2. The molecule has 0 unspecified atom stereocenters. The highest BCUT2D eigenvalue weighted by atomic mass is 19.3. The van der Waals surface area contributed by atoms with E-state index in [2.05, 4.69) is 20.0 Å². The van der Waals surface area contributed by atoms with Crippen LogP contribution < -0.4 is 19.8 Å². The number of hydrogen-bond acceptors (Lipinski definition) is 5. The molecular formula is C28H19F4N3O4. The minimum absolute atomic E-state index is 0.00105. The van der Waals surface area contributed by atoms with E-state index in [4.69, 9.17) is 0 Å². The van der Waals surface area contributed by atoms with Gasteiger partial charge in [-0.1, -0.05) is 36.4 Å². The predicted molar refractivity (Wildman–Crippen MR) is 136 cm³/mol. The number of alkyl halides is 4. The Bertz CT molecular complexity index is 1570. The lowest BCUT2D eigenvalue weighted by atomic mass is 10.1. The lowest BCUT2D eigenvalue weighted by Crippen LogP contribution is -2.26. The van der Waals surface area contributed by atoms with E-state index in [1.165, 1.54) is 6.07 Å². The molecule has 11 heteroatoms. The van der Waals surface area contributed by atoms with Gasteiger partial charge in [0.25, 0.3) is 11.8 Å². The maximum Gasteiger partial charge on any atom is 0.387 e. The van der Waals surface area contributed by atoms with Crippen LogP contribution in [0.4, 0.5) is 23.2 Å². The van der Waals surface area contributed by atoms with Crippen LogP contribution in [0.3, 0.4) is 0 Å². The second-order valence-electron chi connectivity index (χ2n) is 8.42. The molecule has 1 heterocycles. The second-order valence-corrected chi connectivity index (χ2v) is 8.42. The summed E-state index contributed by atoms with van der Waals surface area (Å²) < 4.78 is 58.8. The van der Waals surface area contributed by atoms with E-state index in [1.807, 2.05) is 30.3 Å². The minimum Gasteiger partial charge on any atom is -0.435 e. The number of benzene rings is 4. The molecule has 198 valence electrons. The van der Waals surface area contributed by atoms with E-state index in [1.54, 1.807) is 35.2 Å². The summed E-state index contributed by atoms with van der Waals surface area (Å²) in [5, 5.41) is 5.64. The molecule has 4 aromatic carbocycles. The van der Waals surface area contributed by atoms with Crippen LogP contribution in [0, 0.1) is 0 Å². The number of rotatable bonds is 9. The summed E-state index contributed by atoms with van der Waals surface area (Å²) >= 11 is 0. The molecule has 0 aliphatic carbocycles. The van der Waals surface area contributed by atoms with Crippen LogP contribution in [0.5, 0.6) is 11.5 Å². The van der Waals surface area contributed by atoms with Gasteiger partial charge in [0, 0.05) is 28.1 Å². The van der Waals surface area contributed by atoms with Crippen LogP contribution in [-0.4, -0.2) is 31.3 Å². The van der Waals surface area contributed by atoms with E-state index in [9.17, 15) is 27.2 Å². The monoisotopic (exact) mass is 537 g/mol. The van der Waals surface area contributed by atoms with Crippen molar-refractivity contribution in [3.63, 3.8) is 0 Å². The van der Waals surface area contributed by atoms with Gasteiger partial charge < -0.3 is 14.4 Å². The van der Waals surface area contributed by atoms with Crippen molar-refractivity contribution in [2.24, 2.45) is 5.10 Å². The van der Waals surface area contributed by atoms with E-state index < -0.39 is 24.9 Å². The van der Waals surface area contributed by atoms with Crippen molar-refractivity contribution in [2.75, 3.05) is 4.90 Å². The van der Waals surface area contributed by atoms with Crippen LogP contribution in [0.1, 0.15) is 31.8 Å². The summed E-state index contributed by atoms with van der Waals surface area (Å²) in [5.74, 6) is -1.51. The molecule has 0 radical (unpaired) electrons. The highest BCUT2D eigenvalue weighted by Crippen LogP contribution is 2.38. The quantitative estimate of drug-likeness (QED) is 0.162. The Morgan fingerprint density at radius 3 is 2.36 bits per heavy atom. The van der Waals surface area contributed by atoms with Gasteiger partial charge in [-0.3, -0.25) is 9.59 Å². The third-order valence-electron chi connectivity index (χ3n) is 6.00. The van der Waals surface area contributed by atoms with Gasteiger partial charge in [-0.15, -0.1) is 0 Å². The van der Waals surface area contributed by atoms with Crippen molar-refractivity contribution in [3.05, 3.63) is 101 Å². The van der Waals surface area contributed by atoms with Crippen molar-refractivity contribution < 1.29 is 36.6 Å². The maximum atomic E-state index is 13.0. The van der Waals surface area contributed by atoms with Crippen molar-refractivity contribution >= 4 is 34.5 Å². The Balaban J connectivity index is 1.25. The summed E-state index contributed by atoms with van der Waals surface area (Å²) in [6.45, 7) is -6.05. The van der Waals surface area contributed by atoms with Gasteiger partial charge in [0.2, 0.25) is 0 Å². The number of nitrogens with one attached hydrogen (secondary N) is 1. The molecule has 0 saturated heterocycles. The highest BCUT2D eigenvalue weighted by molar-refractivity contribution is 6.24. The lowest BCUT2D eigenvalue weighted by molar-refractivity contribution is -0.0543. The first kappa shape index (κ1) is 25.7. The summed E-state index contributed by atoms with van der Waals surface area (Å²) in [7, 11) is 0. The molecule has 1 aliphatic heterocycles. The average molecular weight is 537 g/mol. The maximum absolute atomic E-state index is 13.0. The standard InChI is InChI=1S/C28H19F4N3O4/c29-27(30)38-20-12-11-19(23(13-20)39-28(31)32)14-33-34-25(36)18-9-7-16(8-10-18)15-35-22-6-2-4-17-3-1-5-21(24(17)22)26(35)37/h1-14,27-28H,15H2,(H,34,36). The van der Waals surface area contributed by atoms with Gasteiger partial charge in [0.05, 0.1) is 18.4 Å². The largest absolute Gasteiger partial charge is 0.435 e. The number of halogens is 4. The van der Waals surface area contributed by atoms with E-state index in [-0.39, 0.29) is 22.8 Å². The Hall–Kier alpha value is -4.93. The molecular weight excluding hydrogens is 518 g/mol. The first-order valence-corrected chi connectivity index (χ1v) is 11.6. The molecule has 1 aliphatic rings. The summed E-state index contributed by atoms with van der Waals surface area (Å²) in [4.78, 5) is 27.2. The number of anilines is 1. The fraction of sp³-hybridized carbons (Fsp3) is 0.107. The minimum atomic E-state index is -3.22. The second kappa shape index (κ2) is 10.8. The molecule has 7 nitrogen and oxygen atoms in total. The topological polar surface area (TPSA) is 80.2 Å². The summed E-state index contributed by atoms with van der Waals surface area (Å²) in [6.07, 6.45) is 1.04. The molecule has 4 aromatic rings. The van der Waals surface area contributed by atoms with Crippen LogP contribution >= 0.6 is 0 Å². The third-order valence-corrected chi connectivity index (χ3v) is 6.00. The lowest BCUT2D eigenvalue weighted by Gasteiger charge is -2.18. The summed E-state index contributed by atoms with van der Waals surface area (Å²) in [6, 6.07) is 21.1. The van der Waals surface area contributed by atoms with Crippen LogP contribution in [0.15, 0.2) is 84.0 Å². The van der Waals surface area contributed by atoms with E-state index >= 15 is 0 Å². The third kappa shape index (κ3) is 5.52. The average Bonchev–Trinajstić information content (AvgIpc) is 3.17. The van der Waals surface area contributed by atoms with Crippen molar-refractivity contribution in [1.29, 1.82) is 0 Å². The molecule has 0 aromatic heterocycles. The van der Waals surface area contributed by atoms with Gasteiger partial charge in [0.1, 0.15) is 11.5 Å².